The molecule has 0 aromatic carbocycles. The van der Waals surface area contributed by atoms with Crippen molar-refractivity contribution in [1.29, 1.82) is 0 Å². The first kappa shape index (κ1) is 26.0. The summed E-state index contributed by atoms with van der Waals surface area (Å²) in [5, 5.41) is 3.57. The zero-order chi connectivity index (χ0) is 19.0. The smallest absolute Gasteiger partial charge is 0.00489 e. The van der Waals surface area contributed by atoms with Crippen molar-refractivity contribution >= 4 is 0 Å². The molecular weight excluding hydrogens is 314 g/mol. The Morgan fingerprint density at radius 2 is 0.538 bits per heavy atom. The van der Waals surface area contributed by atoms with Crippen LogP contribution in [0, 0.1) is 0 Å². The molecule has 0 unspecified atom stereocenters. The zero-order valence-corrected chi connectivity index (χ0v) is 18.8. The molecule has 0 aliphatic carbocycles. The molecule has 1 N–H and O–H groups in total. The van der Waals surface area contributed by atoms with Gasteiger partial charge in [0.05, 0.1) is 0 Å². The highest BCUT2D eigenvalue weighted by Crippen LogP contribution is 2.14. The van der Waals surface area contributed by atoms with Gasteiger partial charge in [-0.25, -0.2) is 0 Å². The van der Waals surface area contributed by atoms with Crippen LogP contribution in [-0.2, 0) is 0 Å². The molecule has 0 fully saturated rings. The Balaban J connectivity index is 2.95. The monoisotopic (exact) mass is 367 g/mol. The third-order valence-corrected chi connectivity index (χ3v) is 5.66. The summed E-state index contributed by atoms with van der Waals surface area (Å²) in [6.07, 6.45) is 30.4. The fourth-order valence-electron chi connectivity index (χ4n) is 3.78. The highest BCUT2D eigenvalue weighted by Gasteiger charge is 1.95. The van der Waals surface area contributed by atoms with Gasteiger partial charge < -0.3 is 5.32 Å². The van der Waals surface area contributed by atoms with Crippen molar-refractivity contribution < 1.29 is 0 Å². The highest BCUT2D eigenvalue weighted by atomic mass is 14.8. The number of nitrogens with one attached hydrogen (secondary N) is 1. The Labute approximate surface area is 167 Å². The molecular formula is C25H53N. The van der Waals surface area contributed by atoms with E-state index in [1.54, 1.807) is 0 Å². The van der Waals surface area contributed by atoms with Crippen LogP contribution in [0.25, 0.3) is 0 Å². The van der Waals surface area contributed by atoms with Crippen LogP contribution in [0.2, 0.25) is 0 Å². The van der Waals surface area contributed by atoms with Gasteiger partial charge in [0, 0.05) is 0 Å². The van der Waals surface area contributed by atoms with E-state index in [0.717, 1.165) is 0 Å². The Kier molecular flexibility index (Phi) is 24.9. The van der Waals surface area contributed by atoms with Gasteiger partial charge in [-0.1, -0.05) is 136 Å². The minimum atomic E-state index is 1.23. The van der Waals surface area contributed by atoms with Gasteiger partial charge in [-0.15, -0.1) is 0 Å². The lowest BCUT2D eigenvalue weighted by Gasteiger charge is -2.05. The molecule has 1 nitrogen and oxygen atoms in total. The maximum Gasteiger partial charge on any atom is -0.00489 e. The second-order valence-corrected chi connectivity index (χ2v) is 8.47. The van der Waals surface area contributed by atoms with Gasteiger partial charge in [0.25, 0.3) is 0 Å². The van der Waals surface area contributed by atoms with E-state index in [-0.39, 0.29) is 0 Å². The molecule has 0 radical (unpaired) electrons. The van der Waals surface area contributed by atoms with Gasteiger partial charge in [-0.2, -0.15) is 0 Å². The summed E-state index contributed by atoms with van der Waals surface area (Å²) < 4.78 is 0. The molecule has 0 spiro atoms. The topological polar surface area (TPSA) is 12.0 Å². The molecule has 0 bridgehead atoms. The molecule has 0 atom stereocenters. The Hall–Kier alpha value is -0.0400. The molecule has 0 amide bonds. The second-order valence-electron chi connectivity index (χ2n) is 8.47. The summed E-state index contributed by atoms with van der Waals surface area (Å²) in [5.74, 6) is 0. The third-order valence-electron chi connectivity index (χ3n) is 5.66. The van der Waals surface area contributed by atoms with E-state index in [9.17, 15) is 0 Å². The third kappa shape index (κ3) is 24.0. The first-order chi connectivity index (χ1) is 12.9. The van der Waals surface area contributed by atoms with Crippen molar-refractivity contribution in [3.63, 3.8) is 0 Å². The summed E-state index contributed by atoms with van der Waals surface area (Å²) >= 11 is 0. The van der Waals surface area contributed by atoms with Crippen LogP contribution in [0.4, 0.5) is 0 Å². The molecule has 1 heteroatoms. The molecule has 0 heterocycles. The maximum atomic E-state index is 3.57. The molecule has 0 aromatic rings. The van der Waals surface area contributed by atoms with Crippen molar-refractivity contribution in [2.75, 3.05) is 13.1 Å². The van der Waals surface area contributed by atoms with E-state index in [4.69, 9.17) is 0 Å². The zero-order valence-electron chi connectivity index (χ0n) is 18.8. The average Bonchev–Trinajstić information content (AvgIpc) is 2.66. The lowest BCUT2D eigenvalue weighted by molar-refractivity contribution is 0.520. The van der Waals surface area contributed by atoms with Crippen LogP contribution in [0.1, 0.15) is 149 Å². The van der Waals surface area contributed by atoms with Crippen molar-refractivity contribution in [2.24, 2.45) is 0 Å². The Bertz CT molecular complexity index is 202. The summed E-state index contributed by atoms with van der Waals surface area (Å²) in [6, 6.07) is 0. The van der Waals surface area contributed by atoms with Crippen LogP contribution in [0.15, 0.2) is 0 Å². The van der Waals surface area contributed by atoms with Crippen molar-refractivity contribution in [3.05, 3.63) is 0 Å². The van der Waals surface area contributed by atoms with E-state index >= 15 is 0 Å². The molecule has 0 aliphatic heterocycles. The average molecular weight is 368 g/mol. The Morgan fingerprint density at radius 3 is 0.885 bits per heavy atom. The molecule has 26 heavy (non-hydrogen) atoms. The van der Waals surface area contributed by atoms with Crippen LogP contribution < -0.4 is 5.32 Å². The van der Waals surface area contributed by atoms with E-state index < -0.39 is 0 Å². The molecule has 0 saturated heterocycles. The van der Waals surface area contributed by atoms with Crippen LogP contribution in [0.5, 0.6) is 0 Å². The number of hydrogen-bond donors (Lipinski definition) is 1. The van der Waals surface area contributed by atoms with Gasteiger partial charge in [0.15, 0.2) is 0 Å². The number of hydrogen-bond acceptors (Lipinski definition) is 1. The summed E-state index contributed by atoms with van der Waals surface area (Å²) in [5.41, 5.74) is 0. The van der Waals surface area contributed by atoms with Crippen molar-refractivity contribution in [3.8, 4) is 0 Å². The summed E-state index contributed by atoms with van der Waals surface area (Å²) in [7, 11) is 0. The molecule has 158 valence electrons. The highest BCUT2D eigenvalue weighted by molar-refractivity contribution is 4.52. The van der Waals surface area contributed by atoms with E-state index in [2.05, 4.69) is 19.2 Å². The SMILES string of the molecule is CCCCCCCCCCCCCCCCCCCCNCCCCC. The minimum absolute atomic E-state index is 1.23. The number of unbranched alkanes of at least 4 members (excludes halogenated alkanes) is 19. The predicted octanol–water partition coefficient (Wildman–Crippen LogP) is 8.81. The van der Waals surface area contributed by atoms with Gasteiger partial charge >= 0.3 is 0 Å². The predicted molar refractivity (Wildman–Crippen MR) is 121 cm³/mol. The van der Waals surface area contributed by atoms with Crippen LogP contribution >= 0.6 is 0 Å². The van der Waals surface area contributed by atoms with Gasteiger partial charge in [0.1, 0.15) is 0 Å². The summed E-state index contributed by atoms with van der Waals surface area (Å²) in [4.78, 5) is 0. The Morgan fingerprint density at radius 1 is 0.308 bits per heavy atom. The van der Waals surface area contributed by atoms with Gasteiger partial charge in [-0.05, 0) is 25.9 Å². The van der Waals surface area contributed by atoms with E-state index in [1.807, 2.05) is 0 Å². The lowest BCUT2D eigenvalue weighted by atomic mass is 10.0. The normalized spacial score (nSPS) is 11.3. The molecule has 0 aliphatic rings. The first-order valence-corrected chi connectivity index (χ1v) is 12.6. The molecule has 0 aromatic heterocycles. The fourth-order valence-corrected chi connectivity index (χ4v) is 3.78. The maximum absolute atomic E-state index is 3.57. The van der Waals surface area contributed by atoms with Crippen LogP contribution in [0.3, 0.4) is 0 Å². The lowest BCUT2D eigenvalue weighted by Crippen LogP contribution is -2.16. The second kappa shape index (κ2) is 25.0. The quantitative estimate of drug-likeness (QED) is 0.178. The minimum Gasteiger partial charge on any atom is -0.317 e. The van der Waals surface area contributed by atoms with Gasteiger partial charge in [0.2, 0.25) is 0 Å². The van der Waals surface area contributed by atoms with E-state index in [1.165, 1.54) is 148 Å². The number of rotatable bonds is 23. The van der Waals surface area contributed by atoms with Gasteiger partial charge in [-0.3, -0.25) is 0 Å². The van der Waals surface area contributed by atoms with Crippen LogP contribution in [-0.4, -0.2) is 13.1 Å². The summed E-state index contributed by atoms with van der Waals surface area (Å²) in [6.45, 7) is 7.04. The van der Waals surface area contributed by atoms with Crippen molar-refractivity contribution in [1.82, 2.24) is 5.32 Å². The first-order valence-electron chi connectivity index (χ1n) is 12.6. The fraction of sp³-hybridized carbons (Fsp3) is 1.00. The molecule has 0 saturated carbocycles. The van der Waals surface area contributed by atoms with Crippen molar-refractivity contribution in [2.45, 2.75) is 149 Å². The standard InChI is InChI=1S/C25H53N/c1-3-5-7-8-9-10-11-12-13-14-15-16-17-18-19-20-21-23-25-26-24-22-6-4-2/h26H,3-25H2,1-2H3. The van der Waals surface area contributed by atoms with E-state index in [0.29, 0.717) is 0 Å². The largest absolute Gasteiger partial charge is 0.317 e. The molecule has 0 rings (SSSR count).